The third-order valence-corrected chi connectivity index (χ3v) is 12.6. The normalized spacial score (nSPS) is 45.1. The summed E-state index contributed by atoms with van der Waals surface area (Å²) in [5.41, 5.74) is 6.32. The largest absolute Gasteiger partial charge is 0.457 e. The number of nitrogens with zero attached hydrogens (tertiary/aromatic N) is 1. The van der Waals surface area contributed by atoms with Crippen LogP contribution in [0.25, 0.3) is 0 Å². The van der Waals surface area contributed by atoms with Gasteiger partial charge in [0, 0.05) is 36.3 Å². The summed E-state index contributed by atoms with van der Waals surface area (Å²) in [6, 6.07) is 0. The molecule has 3 aliphatic heterocycles. The summed E-state index contributed by atoms with van der Waals surface area (Å²) >= 11 is 1.97. The van der Waals surface area contributed by atoms with Gasteiger partial charge in [0.15, 0.2) is 0 Å². The monoisotopic (exact) mass is 504 g/mol. The Bertz CT molecular complexity index is 780. The first-order chi connectivity index (χ1) is 17.0. The molecule has 196 valence electrons. The van der Waals surface area contributed by atoms with Crippen molar-refractivity contribution in [2.45, 2.75) is 81.4 Å². The van der Waals surface area contributed by atoms with Crippen LogP contribution in [0, 0.1) is 40.9 Å². The van der Waals surface area contributed by atoms with E-state index in [-0.39, 0.29) is 11.3 Å². The number of ether oxygens (including phenoxy) is 1. The van der Waals surface area contributed by atoms with E-state index in [4.69, 9.17) is 15.1 Å². The van der Waals surface area contributed by atoms with Crippen LogP contribution in [0.15, 0.2) is 0 Å². The number of thioether (sulfide) groups is 1. The highest BCUT2D eigenvalue weighted by Crippen LogP contribution is 2.55. The van der Waals surface area contributed by atoms with Gasteiger partial charge in [-0.1, -0.05) is 12.8 Å². The van der Waals surface area contributed by atoms with Gasteiger partial charge in [-0.15, -0.1) is 0 Å². The first kappa shape index (κ1) is 25.0. The number of rotatable bonds is 4. The Hall–Kier alpha value is -0.275. The Balaban J connectivity index is 1.08. The van der Waals surface area contributed by atoms with Crippen LogP contribution in [0.2, 0.25) is 5.82 Å². The molecule has 8 heteroatoms. The van der Waals surface area contributed by atoms with Crippen LogP contribution in [-0.2, 0) is 14.2 Å². The maximum atomic E-state index is 13.8. The molecular formula is C27H45BN2O4S. The van der Waals surface area contributed by atoms with E-state index in [2.05, 4.69) is 11.2 Å². The van der Waals surface area contributed by atoms with E-state index in [9.17, 15) is 9.82 Å². The van der Waals surface area contributed by atoms with Crippen LogP contribution in [-0.4, -0.2) is 73.4 Å². The van der Waals surface area contributed by atoms with Crippen LogP contribution in [0.4, 0.5) is 0 Å². The van der Waals surface area contributed by atoms with Crippen molar-refractivity contribution in [2.24, 2.45) is 46.7 Å². The first-order valence-corrected chi connectivity index (χ1v) is 15.7. The molecule has 3 aliphatic carbocycles. The number of piperidine rings is 1. The van der Waals surface area contributed by atoms with Crippen LogP contribution in [0.3, 0.4) is 0 Å². The molecule has 9 unspecified atom stereocenters. The summed E-state index contributed by atoms with van der Waals surface area (Å²) in [6.07, 6.45) is 14.0. The Kier molecular flexibility index (Phi) is 7.24. The maximum Gasteiger partial charge on any atom is 0.457 e. The molecule has 6 nitrogen and oxygen atoms in total. The van der Waals surface area contributed by atoms with E-state index in [1.807, 2.05) is 11.8 Å². The highest BCUT2D eigenvalue weighted by atomic mass is 32.2. The van der Waals surface area contributed by atoms with Crippen molar-refractivity contribution in [1.29, 1.82) is 0 Å². The fourth-order valence-electron chi connectivity index (χ4n) is 9.37. The molecule has 0 radical (unpaired) electrons. The van der Waals surface area contributed by atoms with Crippen molar-refractivity contribution in [1.82, 2.24) is 4.90 Å². The molecule has 3 saturated heterocycles. The summed E-state index contributed by atoms with van der Waals surface area (Å²) < 4.78 is 12.0. The lowest BCUT2D eigenvalue weighted by molar-refractivity contribution is -0.138. The molecule has 35 heavy (non-hydrogen) atoms. The summed E-state index contributed by atoms with van der Waals surface area (Å²) in [4.78, 5) is 16.0. The Labute approximate surface area is 215 Å². The van der Waals surface area contributed by atoms with Gasteiger partial charge in [0.1, 0.15) is 0 Å². The Morgan fingerprint density at radius 1 is 1.11 bits per heavy atom. The maximum absolute atomic E-state index is 13.8. The highest BCUT2D eigenvalue weighted by Gasteiger charge is 2.54. The van der Waals surface area contributed by atoms with E-state index in [0.29, 0.717) is 59.3 Å². The minimum Gasteiger partial charge on any atom is -0.427 e. The average Bonchev–Trinajstić information content (AvgIpc) is 3.60. The summed E-state index contributed by atoms with van der Waals surface area (Å²) in [5.74, 6) is 3.83. The smallest absolute Gasteiger partial charge is 0.427 e. The molecule has 6 fully saturated rings. The lowest BCUT2D eigenvalue weighted by atomic mass is 9.57. The van der Waals surface area contributed by atoms with Crippen LogP contribution < -0.4 is 5.73 Å². The van der Waals surface area contributed by atoms with Crippen molar-refractivity contribution >= 4 is 24.8 Å². The second kappa shape index (κ2) is 10.1. The van der Waals surface area contributed by atoms with Crippen molar-refractivity contribution in [3.05, 3.63) is 0 Å². The Morgan fingerprint density at radius 2 is 1.94 bits per heavy atom. The van der Waals surface area contributed by atoms with E-state index in [1.165, 1.54) is 32.1 Å². The standard InChI is InChI=1S/C27H45BN2O4S/c1-35-25-13-18(12-20(25)19-3-2-4-23-21(19)15-34-28(23)32)26(31)30-9-7-27(8-10-30)16-33-24-6-5-17(14-29)11-22(24)27/h17-25,32H,2-16,29H2,1H3. The summed E-state index contributed by atoms with van der Waals surface area (Å²) in [5, 5.41) is 10.9. The van der Waals surface area contributed by atoms with Gasteiger partial charge in [0.05, 0.1) is 12.7 Å². The lowest BCUT2D eigenvalue weighted by Gasteiger charge is -2.45. The van der Waals surface area contributed by atoms with Gasteiger partial charge in [0.2, 0.25) is 5.91 Å². The fourth-order valence-corrected chi connectivity index (χ4v) is 10.5. The first-order valence-electron chi connectivity index (χ1n) is 14.5. The number of hydrogen-bond acceptors (Lipinski definition) is 6. The quantitative estimate of drug-likeness (QED) is 0.571. The molecule has 3 N–H and O–H groups in total. The molecule has 6 rings (SSSR count). The van der Waals surface area contributed by atoms with E-state index in [1.54, 1.807) is 0 Å². The zero-order chi connectivity index (χ0) is 24.2. The molecule has 3 saturated carbocycles. The van der Waals surface area contributed by atoms with Crippen molar-refractivity contribution in [3.8, 4) is 0 Å². The van der Waals surface area contributed by atoms with Gasteiger partial charge in [-0.2, -0.15) is 11.8 Å². The molecule has 0 aromatic heterocycles. The van der Waals surface area contributed by atoms with Crippen LogP contribution in [0.5, 0.6) is 0 Å². The van der Waals surface area contributed by atoms with E-state index < -0.39 is 7.12 Å². The van der Waals surface area contributed by atoms with Gasteiger partial charge >= 0.3 is 7.12 Å². The molecule has 0 bridgehead atoms. The minimum absolute atomic E-state index is 0.169. The molecule has 0 aromatic rings. The molecule has 6 aliphatic rings. The second-order valence-corrected chi connectivity index (χ2v) is 13.9. The van der Waals surface area contributed by atoms with Crippen molar-refractivity contribution in [3.63, 3.8) is 0 Å². The van der Waals surface area contributed by atoms with Crippen LogP contribution in [0.1, 0.15) is 64.2 Å². The molecule has 9 atom stereocenters. The van der Waals surface area contributed by atoms with E-state index >= 15 is 0 Å². The third kappa shape index (κ3) is 4.41. The van der Waals surface area contributed by atoms with Gasteiger partial charge < -0.3 is 25.0 Å². The van der Waals surface area contributed by atoms with Gasteiger partial charge in [-0.25, -0.2) is 0 Å². The number of fused-ring (bicyclic) bond motifs is 3. The second-order valence-electron chi connectivity index (χ2n) is 12.8. The minimum atomic E-state index is -0.571. The molecule has 3 heterocycles. The third-order valence-electron chi connectivity index (χ3n) is 11.4. The van der Waals surface area contributed by atoms with Crippen LogP contribution >= 0.6 is 11.8 Å². The number of hydrogen-bond donors (Lipinski definition) is 2. The molecular weight excluding hydrogens is 459 g/mol. The topological polar surface area (TPSA) is 85.0 Å². The molecule has 1 spiro atoms. The van der Waals surface area contributed by atoms with Gasteiger partial charge in [-0.3, -0.25) is 4.79 Å². The van der Waals surface area contributed by atoms with Gasteiger partial charge in [0.25, 0.3) is 0 Å². The number of amides is 1. The SMILES string of the molecule is CSC1CC(C(=O)N2CCC3(CC2)COC2CCC(CN)CC23)CC1C1CCCC2B(O)OCC21. The number of carbonyl (C=O) groups excluding carboxylic acids is 1. The average molecular weight is 505 g/mol. The predicted octanol–water partition coefficient (Wildman–Crippen LogP) is 3.42. The van der Waals surface area contributed by atoms with E-state index in [0.717, 1.165) is 58.3 Å². The van der Waals surface area contributed by atoms with Crippen molar-refractivity contribution < 1.29 is 19.2 Å². The zero-order valence-corrected chi connectivity index (χ0v) is 22.3. The molecule has 1 amide bonds. The summed E-state index contributed by atoms with van der Waals surface area (Å²) in [6.45, 7) is 4.20. The number of carbonyl (C=O) groups is 1. The lowest BCUT2D eigenvalue weighted by Crippen LogP contribution is -2.49. The number of likely N-dealkylation sites (tertiary alicyclic amines) is 1. The van der Waals surface area contributed by atoms with Crippen molar-refractivity contribution in [2.75, 3.05) is 39.1 Å². The number of nitrogens with two attached hydrogens (primary N) is 1. The fraction of sp³-hybridized carbons (Fsp3) is 0.963. The highest BCUT2D eigenvalue weighted by molar-refractivity contribution is 7.99. The Morgan fingerprint density at radius 3 is 2.71 bits per heavy atom. The predicted molar refractivity (Wildman–Crippen MR) is 140 cm³/mol. The molecule has 0 aromatic carbocycles. The summed E-state index contributed by atoms with van der Waals surface area (Å²) in [7, 11) is -0.571. The zero-order valence-electron chi connectivity index (χ0n) is 21.5. The van der Waals surface area contributed by atoms with Gasteiger partial charge in [-0.05, 0) is 99.6 Å².